The second kappa shape index (κ2) is 16.7. The summed E-state index contributed by atoms with van der Waals surface area (Å²) in [7, 11) is 0. The Bertz CT molecular complexity index is 2300. The molecule has 57 heavy (non-hydrogen) atoms. The summed E-state index contributed by atoms with van der Waals surface area (Å²) in [5.41, 5.74) is 8.62. The smallest absolute Gasteiger partial charge is 0.172 e. The van der Waals surface area contributed by atoms with Crippen LogP contribution in [0.25, 0.3) is 5.57 Å². The number of ether oxygens (including phenoxy) is 1. The van der Waals surface area contributed by atoms with Crippen molar-refractivity contribution in [1.82, 2.24) is 15.0 Å². The number of hydrogen-bond donors (Lipinski definition) is 0. The Hall–Kier alpha value is -5.91. The Morgan fingerprint density at radius 2 is 1.63 bits per heavy atom. The maximum absolute atomic E-state index is 10.3. The highest BCUT2D eigenvalue weighted by Gasteiger charge is 2.41. The van der Waals surface area contributed by atoms with Gasteiger partial charge in [-0.25, -0.2) is 0 Å². The van der Waals surface area contributed by atoms with Crippen molar-refractivity contribution in [3.8, 4) is 18.2 Å². The SMILES string of the molecule is CCCCCCn1cc(C2=C(C=CC3=C(C#N)C(=C(C#N)C#N)OC3(C)C)CC(C(C)(C)C)CC2=CC=C2N(Cc3ccccc3)c3ccccc3C2(C)C)nn1. The molecule has 0 radical (unpaired) electrons. The molecular weight excluding hydrogens is 703 g/mol. The van der Waals surface area contributed by atoms with Crippen LogP contribution in [-0.2, 0) is 23.2 Å². The molecule has 0 N–H and O–H groups in total. The van der Waals surface area contributed by atoms with Crippen LogP contribution >= 0.6 is 0 Å². The highest BCUT2D eigenvalue weighted by Crippen LogP contribution is 2.50. The van der Waals surface area contributed by atoms with E-state index in [1.54, 1.807) is 0 Å². The van der Waals surface area contributed by atoms with Gasteiger partial charge in [0.05, 0.1) is 6.20 Å². The van der Waals surface area contributed by atoms with Crippen molar-refractivity contribution in [3.63, 3.8) is 0 Å². The summed E-state index contributed by atoms with van der Waals surface area (Å²) in [6, 6.07) is 25.4. The van der Waals surface area contributed by atoms with E-state index in [-0.39, 0.29) is 27.7 Å². The lowest BCUT2D eigenvalue weighted by Crippen LogP contribution is -2.26. The Morgan fingerprint density at radius 3 is 2.32 bits per heavy atom. The molecule has 3 aliphatic rings. The maximum atomic E-state index is 10.3. The van der Waals surface area contributed by atoms with Gasteiger partial charge in [0.15, 0.2) is 11.3 Å². The van der Waals surface area contributed by atoms with E-state index in [2.05, 4.69) is 137 Å². The highest BCUT2D eigenvalue weighted by atomic mass is 16.5. The van der Waals surface area contributed by atoms with E-state index in [1.165, 1.54) is 40.9 Å². The standard InChI is InChI=1S/C49H55N7O/c1-9-10-11-17-26-55-33-42(53-54-55)45-35(22-24-40-39(31-52)46(37(29-50)30-51)57-49(40,7)8)27-38(47(2,3)4)28-36(45)23-25-44-48(5,6)41-20-15-16-21-43(41)56(44)32-34-18-13-12-14-19-34/h12-16,18-25,33,38H,9-11,17,26-28,32H2,1-8H3. The molecule has 1 unspecified atom stereocenters. The van der Waals surface area contributed by atoms with Crippen molar-refractivity contribution >= 4 is 11.3 Å². The lowest BCUT2D eigenvalue weighted by molar-refractivity contribution is 0.0954. The number of para-hydroxylation sites is 1. The summed E-state index contributed by atoms with van der Waals surface area (Å²) < 4.78 is 8.10. The lowest BCUT2D eigenvalue weighted by atomic mass is 9.68. The van der Waals surface area contributed by atoms with Crippen molar-refractivity contribution in [3.05, 3.63) is 141 Å². The Balaban J connectivity index is 1.54. The van der Waals surface area contributed by atoms with Crippen LogP contribution in [0.5, 0.6) is 0 Å². The highest BCUT2D eigenvalue weighted by molar-refractivity contribution is 5.83. The van der Waals surface area contributed by atoms with Gasteiger partial charge in [-0.3, -0.25) is 4.68 Å². The molecule has 1 aliphatic carbocycles. The van der Waals surface area contributed by atoms with E-state index in [0.29, 0.717) is 11.5 Å². The maximum Gasteiger partial charge on any atom is 0.172 e. The van der Waals surface area contributed by atoms with E-state index in [4.69, 9.17) is 9.84 Å². The molecule has 0 amide bonds. The molecule has 8 heteroatoms. The predicted molar refractivity (Wildman–Crippen MR) is 227 cm³/mol. The average Bonchev–Trinajstić information content (AvgIpc) is 3.81. The van der Waals surface area contributed by atoms with Gasteiger partial charge in [-0.05, 0) is 78.9 Å². The van der Waals surface area contributed by atoms with Gasteiger partial charge in [0.2, 0.25) is 0 Å². The molecule has 0 saturated heterocycles. The van der Waals surface area contributed by atoms with Crippen LogP contribution in [0.2, 0.25) is 0 Å². The molecule has 0 fully saturated rings. The van der Waals surface area contributed by atoms with Crippen LogP contribution in [-0.4, -0.2) is 20.6 Å². The first kappa shape index (κ1) is 40.7. The van der Waals surface area contributed by atoms with Gasteiger partial charge in [-0.1, -0.05) is 133 Å². The van der Waals surface area contributed by atoms with Gasteiger partial charge >= 0.3 is 0 Å². The number of nitrogens with zero attached hydrogens (tertiary/aromatic N) is 7. The second-order valence-electron chi connectivity index (χ2n) is 17.5. The van der Waals surface area contributed by atoms with Gasteiger partial charge in [-0.2, -0.15) is 15.8 Å². The number of rotatable bonds is 11. The van der Waals surface area contributed by atoms with Gasteiger partial charge in [0, 0.05) is 41.0 Å². The number of nitriles is 3. The van der Waals surface area contributed by atoms with Gasteiger partial charge in [0.25, 0.3) is 0 Å². The zero-order chi connectivity index (χ0) is 41.0. The first-order chi connectivity index (χ1) is 27.2. The first-order valence-electron chi connectivity index (χ1n) is 20.3. The van der Waals surface area contributed by atoms with Crippen LogP contribution in [0.1, 0.15) is 111 Å². The van der Waals surface area contributed by atoms with E-state index in [1.807, 2.05) is 36.7 Å². The minimum atomic E-state index is -0.926. The molecule has 2 aliphatic heterocycles. The van der Waals surface area contributed by atoms with Gasteiger partial charge < -0.3 is 9.64 Å². The van der Waals surface area contributed by atoms with Crippen LogP contribution in [0.4, 0.5) is 5.69 Å². The van der Waals surface area contributed by atoms with Crippen LogP contribution in [0.3, 0.4) is 0 Å². The van der Waals surface area contributed by atoms with Crippen molar-refractivity contribution in [1.29, 1.82) is 15.8 Å². The van der Waals surface area contributed by atoms with E-state index in [0.717, 1.165) is 55.6 Å². The molecule has 0 saturated carbocycles. The number of anilines is 1. The molecule has 3 aromatic rings. The Morgan fingerprint density at radius 1 is 0.912 bits per heavy atom. The summed E-state index contributed by atoms with van der Waals surface area (Å²) in [6.45, 7) is 19.0. The van der Waals surface area contributed by atoms with E-state index in [9.17, 15) is 15.8 Å². The summed E-state index contributed by atoms with van der Waals surface area (Å²) in [5, 5.41) is 39.1. The molecule has 1 atom stereocenters. The van der Waals surface area contributed by atoms with Crippen molar-refractivity contribution < 1.29 is 4.74 Å². The number of unbranched alkanes of at least 4 members (excludes halogenated alkanes) is 3. The quantitative estimate of drug-likeness (QED) is 0.141. The van der Waals surface area contributed by atoms with Crippen molar-refractivity contribution in [2.24, 2.45) is 11.3 Å². The first-order valence-corrected chi connectivity index (χ1v) is 20.3. The number of hydrogen-bond acceptors (Lipinski definition) is 7. The summed E-state index contributed by atoms with van der Waals surface area (Å²) in [5.74, 6) is 0.344. The molecule has 2 aromatic carbocycles. The van der Waals surface area contributed by atoms with Crippen LogP contribution < -0.4 is 4.90 Å². The van der Waals surface area contributed by atoms with Crippen LogP contribution in [0, 0.1) is 45.3 Å². The normalized spacial score (nSPS) is 20.2. The monoisotopic (exact) mass is 757 g/mol. The molecule has 1 aromatic heterocycles. The summed E-state index contributed by atoms with van der Waals surface area (Å²) >= 11 is 0. The topological polar surface area (TPSA) is 115 Å². The Labute approximate surface area is 339 Å². The second-order valence-corrected chi connectivity index (χ2v) is 17.5. The molecule has 3 heterocycles. The molecular formula is C49H55N7O. The third-order valence-electron chi connectivity index (χ3n) is 11.8. The molecule has 8 nitrogen and oxygen atoms in total. The Kier molecular flexibility index (Phi) is 11.9. The van der Waals surface area contributed by atoms with Crippen LogP contribution in [0.15, 0.2) is 124 Å². The third kappa shape index (κ3) is 8.45. The van der Waals surface area contributed by atoms with Gasteiger partial charge in [0.1, 0.15) is 35.1 Å². The number of allylic oxidation sites excluding steroid dienone is 9. The minimum Gasteiger partial charge on any atom is -0.480 e. The number of benzene rings is 2. The fraction of sp³-hybridized carbons (Fsp3) is 0.408. The zero-order valence-electron chi connectivity index (χ0n) is 34.9. The van der Waals surface area contributed by atoms with Gasteiger partial charge in [-0.15, -0.1) is 5.10 Å². The summed E-state index contributed by atoms with van der Waals surface area (Å²) in [4.78, 5) is 2.46. The minimum absolute atomic E-state index is 0.00677. The predicted octanol–water partition coefficient (Wildman–Crippen LogP) is 11.4. The van der Waals surface area contributed by atoms with E-state index >= 15 is 0 Å². The fourth-order valence-electron chi connectivity index (χ4n) is 8.40. The average molecular weight is 758 g/mol. The largest absolute Gasteiger partial charge is 0.480 e. The third-order valence-corrected chi connectivity index (χ3v) is 11.8. The molecule has 0 spiro atoms. The molecule has 6 rings (SSSR count). The number of aromatic nitrogens is 3. The van der Waals surface area contributed by atoms with E-state index < -0.39 is 5.60 Å². The fourth-order valence-corrected chi connectivity index (χ4v) is 8.40. The molecule has 0 bridgehead atoms. The number of aryl methyl sites for hydroxylation is 1. The zero-order valence-corrected chi connectivity index (χ0v) is 34.9. The lowest BCUT2D eigenvalue weighted by Gasteiger charge is -2.37. The summed E-state index contributed by atoms with van der Waals surface area (Å²) in [6.07, 6.45) is 17.0. The van der Waals surface area contributed by atoms with Crippen molar-refractivity contribution in [2.75, 3.05) is 4.90 Å². The number of fused-ring (bicyclic) bond motifs is 1. The van der Waals surface area contributed by atoms with Crippen molar-refractivity contribution in [2.45, 2.75) is 118 Å². The molecule has 292 valence electrons.